The van der Waals surface area contributed by atoms with E-state index < -0.39 is 27.3 Å². The minimum atomic E-state index is -4.61. The van der Waals surface area contributed by atoms with Crippen molar-refractivity contribution >= 4 is 20.9 Å². The van der Waals surface area contributed by atoms with Crippen molar-refractivity contribution in [3.8, 4) is 11.5 Å². The van der Waals surface area contributed by atoms with Crippen LogP contribution in [0.15, 0.2) is 70.4 Å². The molecule has 38 heavy (non-hydrogen) atoms. The summed E-state index contributed by atoms with van der Waals surface area (Å²) in [5.41, 5.74) is 1.94. The maximum atomic E-state index is 13.7. The molecule has 0 saturated carbocycles. The summed E-state index contributed by atoms with van der Waals surface area (Å²) >= 11 is 0. The van der Waals surface area contributed by atoms with Crippen molar-refractivity contribution < 1.29 is 31.1 Å². The Bertz CT molecular complexity index is 1700. The van der Waals surface area contributed by atoms with Crippen LogP contribution < -0.4 is 15.0 Å². The van der Waals surface area contributed by atoms with Gasteiger partial charge < -0.3 is 14.5 Å². The highest BCUT2D eigenvalue weighted by molar-refractivity contribution is 7.89. The second-order valence-electron chi connectivity index (χ2n) is 9.13. The molecule has 198 valence electrons. The monoisotopic (exact) mass is 544 g/mol. The molecule has 0 fully saturated rings. The molecule has 3 aromatic carbocycles. The standard InChI is InChI=1S/C27H23F3N2O5S/c1-16-9-19-12-20(26(33)31-23(19)10-17(16)2)14-32(13-18-3-8-24-25(11-18)37-15-36-24)38(34,35)22-6-4-21(5-7-22)27(28,29)30/h3-12H,13-15H2,1-2H3,(H,31,33). The van der Waals surface area contributed by atoms with E-state index in [1.165, 1.54) is 0 Å². The second-order valence-corrected chi connectivity index (χ2v) is 11.1. The quantitative estimate of drug-likeness (QED) is 0.357. The lowest BCUT2D eigenvalue weighted by Gasteiger charge is -2.23. The van der Waals surface area contributed by atoms with Crippen LogP contribution in [0.2, 0.25) is 0 Å². The number of sulfonamides is 1. The predicted octanol–water partition coefficient (Wildman–Crippen LogP) is 5.28. The van der Waals surface area contributed by atoms with Gasteiger partial charge in [-0.1, -0.05) is 6.07 Å². The number of ether oxygens (including phenoxy) is 2. The van der Waals surface area contributed by atoms with Crippen LogP contribution in [0.3, 0.4) is 0 Å². The highest BCUT2D eigenvalue weighted by Crippen LogP contribution is 2.34. The van der Waals surface area contributed by atoms with Crippen molar-refractivity contribution in [2.45, 2.75) is 38.0 Å². The molecule has 0 bridgehead atoms. The van der Waals surface area contributed by atoms with Crippen LogP contribution in [-0.2, 0) is 29.3 Å². The molecular formula is C27H23F3N2O5S. The van der Waals surface area contributed by atoms with Crippen molar-refractivity contribution in [2.24, 2.45) is 0 Å². The largest absolute Gasteiger partial charge is 0.454 e. The minimum absolute atomic E-state index is 0.0394. The molecule has 1 aromatic heterocycles. The fourth-order valence-electron chi connectivity index (χ4n) is 4.26. The molecule has 11 heteroatoms. The molecule has 2 heterocycles. The van der Waals surface area contributed by atoms with Gasteiger partial charge in [0.05, 0.1) is 10.5 Å². The summed E-state index contributed by atoms with van der Waals surface area (Å²) in [6, 6.07) is 13.6. The zero-order chi connectivity index (χ0) is 27.2. The maximum Gasteiger partial charge on any atom is 0.416 e. The van der Waals surface area contributed by atoms with E-state index in [0.29, 0.717) is 22.6 Å². The van der Waals surface area contributed by atoms with Crippen molar-refractivity contribution in [2.75, 3.05) is 6.79 Å². The number of benzene rings is 3. The summed E-state index contributed by atoms with van der Waals surface area (Å²) in [4.78, 5) is 15.4. The molecule has 1 N–H and O–H groups in total. The van der Waals surface area contributed by atoms with Crippen LogP contribution in [0.4, 0.5) is 13.2 Å². The summed E-state index contributed by atoms with van der Waals surface area (Å²) < 4.78 is 78.3. The molecule has 4 aromatic rings. The number of fused-ring (bicyclic) bond motifs is 2. The molecule has 1 aliphatic rings. The lowest BCUT2D eigenvalue weighted by molar-refractivity contribution is -0.137. The number of nitrogens with one attached hydrogen (secondary N) is 1. The van der Waals surface area contributed by atoms with Gasteiger partial charge in [-0.25, -0.2) is 8.42 Å². The van der Waals surface area contributed by atoms with Gasteiger partial charge in [0, 0.05) is 24.2 Å². The summed E-state index contributed by atoms with van der Waals surface area (Å²) in [6.45, 7) is 3.42. The number of nitrogens with zero attached hydrogens (tertiary/aromatic N) is 1. The zero-order valence-corrected chi connectivity index (χ0v) is 21.2. The van der Waals surface area contributed by atoms with E-state index in [-0.39, 0.29) is 30.3 Å². The van der Waals surface area contributed by atoms with E-state index in [4.69, 9.17) is 9.47 Å². The van der Waals surface area contributed by atoms with Crippen LogP contribution in [0.1, 0.15) is 27.8 Å². The first-order valence-corrected chi connectivity index (χ1v) is 13.0. The number of pyridine rings is 1. The Kier molecular flexibility index (Phi) is 6.44. The second kappa shape index (κ2) is 9.48. The molecule has 0 unspecified atom stereocenters. The van der Waals surface area contributed by atoms with E-state index >= 15 is 0 Å². The van der Waals surface area contributed by atoms with Crippen molar-refractivity contribution in [3.63, 3.8) is 0 Å². The average Bonchev–Trinajstić information content (AvgIpc) is 3.33. The van der Waals surface area contributed by atoms with Gasteiger partial charge >= 0.3 is 6.18 Å². The van der Waals surface area contributed by atoms with Gasteiger partial charge in [0.15, 0.2) is 11.5 Å². The number of hydrogen-bond acceptors (Lipinski definition) is 5. The molecule has 0 atom stereocenters. The third-order valence-corrected chi connectivity index (χ3v) is 8.30. The van der Waals surface area contributed by atoms with Gasteiger partial charge in [-0.3, -0.25) is 4.79 Å². The topological polar surface area (TPSA) is 88.7 Å². The van der Waals surface area contributed by atoms with Crippen molar-refractivity contribution in [1.82, 2.24) is 9.29 Å². The fraction of sp³-hybridized carbons (Fsp3) is 0.222. The lowest BCUT2D eigenvalue weighted by Crippen LogP contribution is -2.32. The smallest absolute Gasteiger partial charge is 0.416 e. The van der Waals surface area contributed by atoms with E-state index in [1.807, 2.05) is 26.0 Å². The lowest BCUT2D eigenvalue weighted by atomic mass is 10.0. The predicted molar refractivity (Wildman–Crippen MR) is 134 cm³/mol. The van der Waals surface area contributed by atoms with Crippen LogP contribution in [0.25, 0.3) is 10.9 Å². The Morgan fingerprint density at radius 1 is 0.895 bits per heavy atom. The number of rotatable bonds is 6. The molecule has 0 amide bonds. The number of H-pyrrole nitrogens is 1. The average molecular weight is 545 g/mol. The molecule has 0 saturated heterocycles. The van der Waals surface area contributed by atoms with E-state index in [1.54, 1.807) is 24.3 Å². The summed E-state index contributed by atoms with van der Waals surface area (Å²) in [7, 11) is -4.32. The number of halogens is 3. The Labute approximate surface area is 216 Å². The van der Waals surface area contributed by atoms with Gasteiger partial charge in [-0.2, -0.15) is 17.5 Å². The molecule has 0 spiro atoms. The first-order chi connectivity index (χ1) is 17.9. The first-order valence-electron chi connectivity index (χ1n) is 11.6. The molecule has 0 aliphatic carbocycles. The highest BCUT2D eigenvalue weighted by Gasteiger charge is 2.32. The molecular weight excluding hydrogens is 521 g/mol. The normalized spacial score (nSPS) is 13.4. The van der Waals surface area contributed by atoms with Gasteiger partial charge in [-0.05, 0) is 90.5 Å². The van der Waals surface area contributed by atoms with Crippen LogP contribution >= 0.6 is 0 Å². The molecule has 0 radical (unpaired) electrons. The summed E-state index contributed by atoms with van der Waals surface area (Å²) in [5.74, 6) is 0.964. The van der Waals surface area contributed by atoms with Gasteiger partial charge in [-0.15, -0.1) is 0 Å². The Morgan fingerprint density at radius 2 is 1.58 bits per heavy atom. The Morgan fingerprint density at radius 3 is 2.29 bits per heavy atom. The van der Waals surface area contributed by atoms with E-state index in [2.05, 4.69) is 4.98 Å². The third-order valence-electron chi connectivity index (χ3n) is 6.50. The fourth-order valence-corrected chi connectivity index (χ4v) is 5.67. The maximum absolute atomic E-state index is 13.7. The minimum Gasteiger partial charge on any atom is -0.454 e. The van der Waals surface area contributed by atoms with Crippen LogP contribution in [0, 0.1) is 13.8 Å². The molecule has 5 rings (SSSR count). The van der Waals surface area contributed by atoms with Gasteiger partial charge in [0.1, 0.15) is 0 Å². The zero-order valence-electron chi connectivity index (χ0n) is 20.4. The Balaban J connectivity index is 1.56. The molecule has 1 aliphatic heterocycles. The van der Waals surface area contributed by atoms with E-state index in [9.17, 15) is 26.4 Å². The third kappa shape index (κ3) is 4.99. The number of aromatic nitrogens is 1. The van der Waals surface area contributed by atoms with Gasteiger partial charge in [0.25, 0.3) is 5.56 Å². The van der Waals surface area contributed by atoms with Gasteiger partial charge in [0.2, 0.25) is 16.8 Å². The molecule has 7 nitrogen and oxygen atoms in total. The van der Waals surface area contributed by atoms with E-state index in [0.717, 1.165) is 45.1 Å². The summed E-state index contributed by atoms with van der Waals surface area (Å²) in [6.07, 6.45) is -4.61. The van der Waals surface area contributed by atoms with Crippen LogP contribution in [-0.4, -0.2) is 24.5 Å². The number of alkyl halides is 3. The highest BCUT2D eigenvalue weighted by atomic mass is 32.2. The first kappa shape index (κ1) is 25.8. The summed E-state index contributed by atoms with van der Waals surface area (Å²) in [5, 5.41) is 0.734. The van der Waals surface area contributed by atoms with Crippen molar-refractivity contribution in [3.05, 3.63) is 98.8 Å². The van der Waals surface area contributed by atoms with Crippen molar-refractivity contribution in [1.29, 1.82) is 0 Å². The Hall–Kier alpha value is -3.83. The number of hydrogen-bond donors (Lipinski definition) is 1. The SMILES string of the molecule is Cc1cc2cc(CN(Cc3ccc4c(c3)OCO4)S(=O)(=O)c3ccc(C(F)(F)F)cc3)c(=O)[nH]c2cc1C. The number of aromatic amines is 1. The number of aryl methyl sites for hydroxylation is 2. The van der Waals surface area contributed by atoms with Crippen LogP contribution in [0.5, 0.6) is 11.5 Å².